The minimum Gasteiger partial charge on any atom is -0.374 e. The van der Waals surface area contributed by atoms with Crippen molar-refractivity contribution in [1.82, 2.24) is 0 Å². The van der Waals surface area contributed by atoms with Crippen LogP contribution < -0.4 is 0 Å². The molecule has 1 saturated carbocycles. The van der Waals surface area contributed by atoms with Gasteiger partial charge in [-0.25, -0.2) is 0 Å². The molecule has 2 bridgehead atoms. The molecule has 0 spiro atoms. The quantitative estimate of drug-likeness (QED) is 0.481. The second kappa shape index (κ2) is 1.72. The molecule has 52 valence electrons. The largest absolute Gasteiger partial charge is 0.374 e. The molecular formula is C8H14O. The van der Waals surface area contributed by atoms with E-state index < -0.39 is 0 Å². The molecule has 2 unspecified atom stereocenters. The van der Waals surface area contributed by atoms with Crippen molar-refractivity contribution >= 4 is 0 Å². The van der Waals surface area contributed by atoms with Crippen LogP contribution in [0.1, 0.15) is 26.7 Å². The Morgan fingerprint density at radius 1 is 1.22 bits per heavy atom. The van der Waals surface area contributed by atoms with Gasteiger partial charge in [-0.15, -0.1) is 0 Å². The third-order valence-corrected chi connectivity index (χ3v) is 2.98. The first-order valence-corrected chi connectivity index (χ1v) is 3.93. The summed E-state index contributed by atoms with van der Waals surface area (Å²) in [6.07, 6.45) is 3.91. The Hall–Kier alpha value is -0.0400. The molecule has 0 amide bonds. The number of hydrogen-bond donors (Lipinski definition) is 0. The fourth-order valence-electron chi connectivity index (χ4n) is 1.98. The van der Waals surface area contributed by atoms with E-state index in [4.69, 9.17) is 4.74 Å². The van der Waals surface area contributed by atoms with Gasteiger partial charge < -0.3 is 4.74 Å². The lowest BCUT2D eigenvalue weighted by atomic mass is 9.74. The zero-order valence-electron chi connectivity index (χ0n) is 6.13. The Morgan fingerprint density at radius 3 is 2.22 bits per heavy atom. The third-order valence-electron chi connectivity index (χ3n) is 2.98. The van der Waals surface area contributed by atoms with Gasteiger partial charge in [-0.05, 0) is 18.3 Å². The second-order valence-corrected chi connectivity index (χ2v) is 3.60. The highest BCUT2D eigenvalue weighted by Gasteiger charge is 2.42. The summed E-state index contributed by atoms with van der Waals surface area (Å²) in [6, 6.07) is 0. The van der Waals surface area contributed by atoms with Crippen molar-refractivity contribution in [2.24, 2.45) is 11.8 Å². The molecule has 0 aromatic carbocycles. The molecular weight excluding hydrogens is 112 g/mol. The van der Waals surface area contributed by atoms with Gasteiger partial charge in [-0.1, -0.05) is 13.8 Å². The summed E-state index contributed by atoms with van der Waals surface area (Å²) in [5.74, 6) is 1.72. The van der Waals surface area contributed by atoms with E-state index >= 15 is 0 Å². The topological polar surface area (TPSA) is 9.23 Å². The van der Waals surface area contributed by atoms with Crippen LogP contribution in [0, 0.1) is 11.8 Å². The highest BCUT2D eigenvalue weighted by atomic mass is 16.5. The molecule has 3 aliphatic rings. The number of ether oxygens (including phenoxy) is 1. The van der Waals surface area contributed by atoms with E-state index in [-0.39, 0.29) is 0 Å². The Kier molecular flexibility index (Phi) is 1.10. The average Bonchev–Trinajstić information content (AvgIpc) is 1.72. The summed E-state index contributed by atoms with van der Waals surface area (Å²) in [5, 5.41) is 0. The van der Waals surface area contributed by atoms with E-state index in [1.165, 1.54) is 12.8 Å². The van der Waals surface area contributed by atoms with Gasteiger partial charge in [0.25, 0.3) is 0 Å². The van der Waals surface area contributed by atoms with Crippen molar-refractivity contribution in [1.29, 1.82) is 0 Å². The van der Waals surface area contributed by atoms with Gasteiger partial charge in [0.1, 0.15) is 0 Å². The summed E-state index contributed by atoms with van der Waals surface area (Å²) >= 11 is 0. The molecule has 2 saturated heterocycles. The van der Waals surface area contributed by atoms with Crippen LogP contribution in [-0.2, 0) is 4.74 Å². The monoisotopic (exact) mass is 126 g/mol. The summed E-state index contributed by atoms with van der Waals surface area (Å²) in [5.41, 5.74) is 0. The minimum atomic E-state index is 0.624. The van der Waals surface area contributed by atoms with Crippen LogP contribution in [0.25, 0.3) is 0 Å². The molecule has 4 atom stereocenters. The fraction of sp³-hybridized carbons (Fsp3) is 1.00. The van der Waals surface area contributed by atoms with Gasteiger partial charge in [-0.2, -0.15) is 0 Å². The van der Waals surface area contributed by atoms with Crippen LogP contribution >= 0.6 is 0 Å². The fourth-order valence-corrected chi connectivity index (χ4v) is 1.98. The molecule has 1 heteroatoms. The first-order valence-electron chi connectivity index (χ1n) is 3.93. The SMILES string of the molecule is CC1C[C@H]2CC(O2)[C@H]1C. The Balaban J connectivity index is 2.04. The summed E-state index contributed by atoms with van der Waals surface area (Å²) in [4.78, 5) is 0. The molecule has 9 heavy (non-hydrogen) atoms. The minimum absolute atomic E-state index is 0.624. The summed E-state index contributed by atoms with van der Waals surface area (Å²) < 4.78 is 5.56. The predicted octanol–water partition coefficient (Wildman–Crippen LogP) is 1.82. The van der Waals surface area contributed by atoms with Crippen molar-refractivity contribution in [3.63, 3.8) is 0 Å². The van der Waals surface area contributed by atoms with Gasteiger partial charge in [0.2, 0.25) is 0 Å². The smallest absolute Gasteiger partial charge is 0.0631 e. The molecule has 1 nitrogen and oxygen atoms in total. The van der Waals surface area contributed by atoms with Crippen molar-refractivity contribution in [2.75, 3.05) is 0 Å². The first kappa shape index (κ1) is 5.72. The maximum absolute atomic E-state index is 5.56. The molecule has 3 fully saturated rings. The normalized spacial score (nSPS) is 56.7. The van der Waals surface area contributed by atoms with Gasteiger partial charge in [0, 0.05) is 6.42 Å². The van der Waals surface area contributed by atoms with Crippen LogP contribution in [0.5, 0.6) is 0 Å². The van der Waals surface area contributed by atoms with Crippen LogP contribution in [0.15, 0.2) is 0 Å². The predicted molar refractivity (Wildman–Crippen MR) is 36.2 cm³/mol. The summed E-state index contributed by atoms with van der Waals surface area (Å²) in [6.45, 7) is 4.65. The lowest BCUT2D eigenvalue weighted by Gasteiger charge is -2.48. The van der Waals surface area contributed by atoms with Crippen LogP contribution in [0.4, 0.5) is 0 Å². The maximum atomic E-state index is 5.56. The van der Waals surface area contributed by atoms with Crippen LogP contribution in [-0.4, -0.2) is 12.2 Å². The molecule has 2 heterocycles. The van der Waals surface area contributed by atoms with E-state index in [1.807, 2.05) is 0 Å². The van der Waals surface area contributed by atoms with Gasteiger partial charge in [-0.3, -0.25) is 0 Å². The zero-order valence-corrected chi connectivity index (χ0v) is 6.13. The van der Waals surface area contributed by atoms with E-state index in [0.29, 0.717) is 12.2 Å². The molecule has 2 aliphatic heterocycles. The van der Waals surface area contributed by atoms with Gasteiger partial charge in [0.15, 0.2) is 0 Å². The van der Waals surface area contributed by atoms with E-state index in [1.54, 1.807) is 0 Å². The Bertz CT molecular complexity index is 114. The third kappa shape index (κ3) is 0.710. The van der Waals surface area contributed by atoms with E-state index in [2.05, 4.69) is 13.8 Å². The molecule has 1 aliphatic carbocycles. The summed E-state index contributed by atoms with van der Waals surface area (Å²) in [7, 11) is 0. The number of hydrogen-bond acceptors (Lipinski definition) is 1. The lowest BCUT2D eigenvalue weighted by Crippen LogP contribution is -2.50. The first-order chi connectivity index (χ1) is 4.27. The maximum Gasteiger partial charge on any atom is 0.0631 e. The van der Waals surface area contributed by atoms with Crippen LogP contribution in [0.2, 0.25) is 0 Å². The Labute approximate surface area is 56.4 Å². The van der Waals surface area contributed by atoms with Crippen molar-refractivity contribution in [3.8, 4) is 0 Å². The van der Waals surface area contributed by atoms with Crippen molar-refractivity contribution < 1.29 is 4.74 Å². The number of fused-ring (bicyclic) bond motifs is 2. The molecule has 0 N–H and O–H groups in total. The molecule has 0 aromatic rings. The van der Waals surface area contributed by atoms with Crippen molar-refractivity contribution in [2.45, 2.75) is 38.9 Å². The average molecular weight is 126 g/mol. The van der Waals surface area contributed by atoms with Crippen LogP contribution in [0.3, 0.4) is 0 Å². The van der Waals surface area contributed by atoms with E-state index in [0.717, 1.165) is 11.8 Å². The van der Waals surface area contributed by atoms with Gasteiger partial charge >= 0.3 is 0 Å². The van der Waals surface area contributed by atoms with Crippen molar-refractivity contribution in [3.05, 3.63) is 0 Å². The molecule has 0 aromatic heterocycles. The lowest BCUT2D eigenvalue weighted by molar-refractivity contribution is -0.199. The highest BCUT2D eigenvalue weighted by molar-refractivity contribution is 4.91. The zero-order chi connectivity index (χ0) is 6.43. The number of rotatable bonds is 0. The molecule has 0 radical (unpaired) electrons. The second-order valence-electron chi connectivity index (χ2n) is 3.60. The standard InChI is InChI=1S/C8H14O/c1-5-3-7-4-8(9-7)6(5)2/h5-8H,3-4H2,1-2H3/t5?,6-,7-,8?/m0/s1. The molecule has 3 rings (SSSR count). The highest BCUT2D eigenvalue weighted by Crippen LogP contribution is 2.41. The van der Waals surface area contributed by atoms with E-state index in [9.17, 15) is 0 Å². The Morgan fingerprint density at radius 2 is 1.89 bits per heavy atom. The van der Waals surface area contributed by atoms with Gasteiger partial charge in [0.05, 0.1) is 12.2 Å².